The summed E-state index contributed by atoms with van der Waals surface area (Å²) in [5.41, 5.74) is 1.57. The van der Waals surface area contributed by atoms with Crippen LogP contribution >= 0.6 is 0 Å². The van der Waals surface area contributed by atoms with Gasteiger partial charge < -0.3 is 0 Å². The van der Waals surface area contributed by atoms with Gasteiger partial charge in [-0.25, -0.2) is 4.98 Å². The molecule has 7 nitrogen and oxygen atoms in total. The maximum atomic E-state index is 9.58. The number of aromatic nitrogens is 3. The predicted octanol–water partition coefficient (Wildman–Crippen LogP) is 2.24. The van der Waals surface area contributed by atoms with Gasteiger partial charge in [0.25, 0.3) is 0 Å². The first kappa shape index (κ1) is 18.3. The van der Waals surface area contributed by atoms with Gasteiger partial charge >= 0.3 is 0 Å². The van der Waals surface area contributed by atoms with E-state index in [9.17, 15) is 21.0 Å². The number of pyridine rings is 1. The van der Waals surface area contributed by atoms with Gasteiger partial charge in [0.05, 0.1) is 17.4 Å². The zero-order valence-corrected chi connectivity index (χ0v) is 15.3. The maximum absolute atomic E-state index is 9.58. The van der Waals surface area contributed by atoms with Gasteiger partial charge in [-0.3, -0.25) is 9.97 Å². The number of fused-ring (bicyclic) bond motifs is 2. The van der Waals surface area contributed by atoms with E-state index in [1.807, 2.05) is 24.3 Å². The minimum absolute atomic E-state index is 0.121. The average molecular weight is 383 g/mol. The molecule has 0 bridgehead atoms. The predicted molar refractivity (Wildman–Crippen MR) is 109 cm³/mol. The highest BCUT2D eigenvalue weighted by molar-refractivity contribution is 6.03. The number of nitrogens with zero attached hydrogens (tertiary/aromatic N) is 7. The molecule has 136 valence electrons. The first-order valence-corrected chi connectivity index (χ1v) is 8.70. The quantitative estimate of drug-likeness (QED) is 0.460. The highest BCUT2D eigenvalue weighted by Crippen LogP contribution is 2.19. The van der Waals surface area contributed by atoms with Gasteiger partial charge in [0, 0.05) is 28.4 Å². The fraction of sp³-hybridized carbons (Fsp3) is 0. The zero-order valence-electron chi connectivity index (χ0n) is 15.3. The Morgan fingerprint density at radius 3 is 1.77 bits per heavy atom. The number of nitriles is 4. The molecule has 4 rings (SSSR count). The number of hydrogen-bond acceptors (Lipinski definition) is 7. The molecule has 2 aromatic carbocycles. The van der Waals surface area contributed by atoms with E-state index in [0.717, 1.165) is 5.56 Å². The molecule has 0 saturated heterocycles. The zero-order chi connectivity index (χ0) is 21.1. The Morgan fingerprint density at radius 2 is 1.23 bits per heavy atom. The molecule has 0 N–H and O–H groups in total. The van der Waals surface area contributed by atoms with E-state index in [0.29, 0.717) is 26.9 Å². The Kier molecular flexibility index (Phi) is 4.56. The summed E-state index contributed by atoms with van der Waals surface area (Å²) in [7, 11) is 0. The summed E-state index contributed by atoms with van der Waals surface area (Å²) in [5.74, 6) is 0. The Morgan fingerprint density at radius 1 is 0.700 bits per heavy atom. The second kappa shape index (κ2) is 7.49. The molecule has 0 aliphatic rings. The lowest BCUT2D eigenvalue weighted by Crippen LogP contribution is -2.20. The van der Waals surface area contributed by atoms with E-state index in [2.05, 4.69) is 15.0 Å². The van der Waals surface area contributed by atoms with Crippen LogP contribution in [-0.2, 0) is 0 Å². The van der Waals surface area contributed by atoms with Crippen LogP contribution in [0.3, 0.4) is 0 Å². The summed E-state index contributed by atoms with van der Waals surface area (Å²) in [5, 5.41) is 40.0. The van der Waals surface area contributed by atoms with Crippen molar-refractivity contribution in [2.45, 2.75) is 0 Å². The third kappa shape index (κ3) is 2.77. The van der Waals surface area contributed by atoms with E-state index in [4.69, 9.17) is 0 Å². The summed E-state index contributed by atoms with van der Waals surface area (Å²) < 4.78 is 0. The van der Waals surface area contributed by atoms with Crippen LogP contribution in [-0.4, -0.2) is 15.0 Å². The van der Waals surface area contributed by atoms with Crippen LogP contribution in [0.5, 0.6) is 0 Å². The van der Waals surface area contributed by atoms with Crippen LogP contribution < -0.4 is 10.4 Å². The molecule has 7 heteroatoms. The number of benzene rings is 2. The van der Waals surface area contributed by atoms with Crippen molar-refractivity contribution in [2.75, 3.05) is 0 Å². The third-order valence-corrected chi connectivity index (χ3v) is 4.64. The second-order valence-corrected chi connectivity index (χ2v) is 6.18. The van der Waals surface area contributed by atoms with Crippen molar-refractivity contribution in [3.05, 3.63) is 65.4 Å². The van der Waals surface area contributed by atoms with Crippen LogP contribution in [0.15, 0.2) is 55.0 Å². The van der Waals surface area contributed by atoms with Gasteiger partial charge in [-0.1, -0.05) is 24.3 Å². The molecule has 0 unspecified atom stereocenters. The molecule has 2 aromatic heterocycles. The van der Waals surface area contributed by atoms with Gasteiger partial charge in [-0.2, -0.15) is 21.0 Å². The van der Waals surface area contributed by atoms with E-state index in [1.165, 1.54) is 6.20 Å². The fourth-order valence-electron chi connectivity index (χ4n) is 3.36. The molecule has 0 radical (unpaired) electrons. The molecule has 0 spiro atoms. The van der Waals surface area contributed by atoms with Gasteiger partial charge in [0.1, 0.15) is 40.9 Å². The smallest absolute Gasteiger partial charge is 0.139 e. The Hall–Kier alpha value is -5.11. The Balaban J connectivity index is 2.41. The normalized spacial score (nSPS) is 9.87. The monoisotopic (exact) mass is 383 g/mol. The summed E-state index contributed by atoms with van der Waals surface area (Å²) in [4.78, 5) is 13.2. The number of rotatable bonds is 1. The molecule has 0 aliphatic heterocycles. The van der Waals surface area contributed by atoms with Gasteiger partial charge in [0.2, 0.25) is 0 Å². The molecule has 0 aliphatic carbocycles. The Labute approximate surface area is 170 Å². The molecule has 30 heavy (non-hydrogen) atoms. The van der Waals surface area contributed by atoms with Crippen LogP contribution in [0.1, 0.15) is 0 Å². The van der Waals surface area contributed by atoms with Crippen molar-refractivity contribution in [1.29, 1.82) is 21.0 Å². The summed E-state index contributed by atoms with van der Waals surface area (Å²) in [6.07, 6.45) is 4.77. The molecule has 0 atom stereocenters. The minimum Gasteiger partial charge on any atom is -0.265 e. The van der Waals surface area contributed by atoms with Crippen LogP contribution in [0.4, 0.5) is 0 Å². The second-order valence-electron chi connectivity index (χ2n) is 6.18. The Bertz CT molecular complexity index is 1590. The molecule has 0 saturated carbocycles. The van der Waals surface area contributed by atoms with E-state index < -0.39 is 0 Å². The van der Waals surface area contributed by atoms with Gasteiger partial charge in [-0.15, -0.1) is 0 Å². The summed E-state index contributed by atoms with van der Waals surface area (Å²) >= 11 is 0. The minimum atomic E-state index is -0.126. The lowest BCUT2D eigenvalue weighted by atomic mass is 9.98. The molecule has 0 fully saturated rings. The first-order valence-electron chi connectivity index (χ1n) is 8.70. The number of hydrogen-bond donors (Lipinski definition) is 0. The summed E-state index contributed by atoms with van der Waals surface area (Å²) in [6.45, 7) is 0. The average Bonchev–Trinajstić information content (AvgIpc) is 2.81. The maximum Gasteiger partial charge on any atom is 0.139 e. The first-order chi connectivity index (χ1) is 14.7. The largest absolute Gasteiger partial charge is 0.265 e. The lowest BCUT2D eigenvalue weighted by Gasteiger charge is -2.08. The van der Waals surface area contributed by atoms with Crippen molar-refractivity contribution in [1.82, 2.24) is 15.0 Å². The molecular weight excluding hydrogens is 374 g/mol. The van der Waals surface area contributed by atoms with Crippen LogP contribution in [0, 0.1) is 45.3 Å². The lowest BCUT2D eigenvalue weighted by molar-refractivity contribution is 1.26. The summed E-state index contributed by atoms with van der Waals surface area (Å²) in [6, 6.07) is 18.2. The third-order valence-electron chi connectivity index (χ3n) is 4.64. The van der Waals surface area contributed by atoms with Gasteiger partial charge in [0.15, 0.2) is 0 Å². The molecular formula is C23H9N7. The van der Waals surface area contributed by atoms with Crippen LogP contribution in [0.25, 0.3) is 44.2 Å². The van der Waals surface area contributed by atoms with Crippen molar-refractivity contribution in [3.63, 3.8) is 0 Å². The van der Waals surface area contributed by atoms with Gasteiger partial charge in [-0.05, 0) is 22.9 Å². The highest BCUT2D eigenvalue weighted by Gasteiger charge is 2.15. The van der Waals surface area contributed by atoms with Crippen molar-refractivity contribution >= 4 is 33.0 Å². The highest BCUT2D eigenvalue weighted by atomic mass is 14.8. The van der Waals surface area contributed by atoms with E-state index >= 15 is 0 Å². The molecule has 2 heterocycles. The molecule has 4 aromatic rings. The standard InChI is InChI=1S/C23H9N7/c24-9-15(10-25)20-17-3-1-2-4-18(17)21(16(11-26)12-27)23-22(20)29-13-19(30-23)14-5-7-28-8-6-14/h1-8,13H. The van der Waals surface area contributed by atoms with E-state index in [-0.39, 0.29) is 22.2 Å². The molecule has 0 amide bonds. The van der Waals surface area contributed by atoms with Crippen molar-refractivity contribution < 1.29 is 0 Å². The van der Waals surface area contributed by atoms with E-state index in [1.54, 1.807) is 48.8 Å². The van der Waals surface area contributed by atoms with Crippen LogP contribution in [0.2, 0.25) is 0 Å². The van der Waals surface area contributed by atoms with Crippen molar-refractivity contribution in [3.8, 4) is 35.5 Å². The topological polar surface area (TPSA) is 134 Å². The van der Waals surface area contributed by atoms with Crippen molar-refractivity contribution in [2.24, 2.45) is 0 Å². The SMILES string of the molecule is N#CC(C#N)=c1c2ccccc2c(=C(C#N)C#N)c2nc(-c3ccncc3)cnc12. The fourth-order valence-corrected chi connectivity index (χ4v) is 3.36.